The van der Waals surface area contributed by atoms with Crippen molar-refractivity contribution in [2.24, 2.45) is 0 Å². The van der Waals surface area contributed by atoms with Gasteiger partial charge in [0, 0.05) is 10.9 Å². The van der Waals surface area contributed by atoms with Gasteiger partial charge in [-0.1, -0.05) is 19.1 Å². The lowest BCUT2D eigenvalue weighted by atomic mass is 10.0. The van der Waals surface area contributed by atoms with Gasteiger partial charge in [-0.15, -0.1) is 0 Å². The predicted molar refractivity (Wildman–Crippen MR) is 80.8 cm³/mol. The average molecular weight is 272 g/mol. The number of hydrogen-bond acceptors (Lipinski definition) is 3. The second kappa shape index (κ2) is 5.95. The molecule has 0 amide bonds. The zero-order valence-electron chi connectivity index (χ0n) is 12.4. The molecule has 0 aliphatic carbocycles. The van der Waals surface area contributed by atoms with Crippen LogP contribution in [0.3, 0.4) is 0 Å². The van der Waals surface area contributed by atoms with Crippen molar-refractivity contribution < 1.29 is 13.9 Å². The van der Waals surface area contributed by atoms with Crippen LogP contribution in [0.1, 0.15) is 48.9 Å². The van der Waals surface area contributed by atoms with E-state index in [0.717, 1.165) is 23.0 Å². The molecule has 2 aromatic rings. The highest BCUT2D eigenvalue weighted by atomic mass is 16.5. The fraction of sp³-hybridized carbons (Fsp3) is 0.353. The Morgan fingerprint density at radius 1 is 1.35 bits per heavy atom. The molecule has 1 aromatic heterocycles. The molecule has 0 atom stereocenters. The summed E-state index contributed by atoms with van der Waals surface area (Å²) in [6.07, 6.45) is 3.09. The lowest BCUT2D eigenvalue weighted by Crippen LogP contribution is -2.04. The van der Waals surface area contributed by atoms with Gasteiger partial charge in [-0.25, -0.2) is 4.79 Å². The molecule has 1 heterocycles. The van der Waals surface area contributed by atoms with E-state index in [1.807, 2.05) is 26.0 Å². The molecule has 3 nitrogen and oxygen atoms in total. The molecule has 3 heteroatoms. The smallest absolute Gasteiger partial charge is 0.374 e. The highest BCUT2D eigenvalue weighted by Crippen LogP contribution is 2.29. The number of hydrogen-bond donors (Lipinski definition) is 0. The van der Waals surface area contributed by atoms with Gasteiger partial charge in [-0.05, 0) is 50.5 Å². The minimum absolute atomic E-state index is 0.303. The topological polar surface area (TPSA) is 39.4 Å². The molecule has 0 unspecified atom stereocenters. The van der Waals surface area contributed by atoms with Gasteiger partial charge < -0.3 is 9.15 Å². The van der Waals surface area contributed by atoms with Gasteiger partial charge in [0.15, 0.2) is 0 Å². The fourth-order valence-corrected chi connectivity index (χ4v) is 2.39. The van der Waals surface area contributed by atoms with E-state index in [9.17, 15) is 4.79 Å². The van der Waals surface area contributed by atoms with Gasteiger partial charge >= 0.3 is 5.97 Å². The first-order chi connectivity index (χ1) is 9.62. The Labute approximate surface area is 119 Å². The van der Waals surface area contributed by atoms with Crippen LogP contribution in [0.5, 0.6) is 0 Å². The quantitative estimate of drug-likeness (QED) is 0.755. The van der Waals surface area contributed by atoms with E-state index < -0.39 is 5.97 Å². The highest BCUT2D eigenvalue weighted by Gasteiger charge is 2.19. The Kier molecular flexibility index (Phi) is 4.28. The third kappa shape index (κ3) is 2.48. The highest BCUT2D eigenvalue weighted by molar-refractivity contribution is 5.96. The first-order valence-electron chi connectivity index (χ1n) is 6.98. The minimum Gasteiger partial charge on any atom is -0.460 e. The number of furan rings is 1. The molecule has 2 rings (SSSR count). The summed E-state index contributed by atoms with van der Waals surface area (Å²) < 4.78 is 10.6. The van der Waals surface area contributed by atoms with Crippen LogP contribution in [0.25, 0.3) is 16.5 Å². The molecule has 0 aliphatic heterocycles. The molecule has 0 radical (unpaired) electrons. The summed E-state index contributed by atoms with van der Waals surface area (Å²) in [5.74, 6) is -0.0953. The molecule has 0 saturated carbocycles. The third-order valence-electron chi connectivity index (χ3n) is 3.50. The SMILES string of the molecule is C/C=C(\CC)c1ccc2oc(C(=O)OCC)c(C)c2c1. The molecule has 20 heavy (non-hydrogen) atoms. The lowest BCUT2D eigenvalue weighted by molar-refractivity contribution is 0.0491. The van der Waals surface area contributed by atoms with Crippen LogP contribution in [-0.4, -0.2) is 12.6 Å². The molecule has 1 aromatic carbocycles. The Hall–Kier alpha value is -2.03. The van der Waals surface area contributed by atoms with E-state index >= 15 is 0 Å². The third-order valence-corrected chi connectivity index (χ3v) is 3.50. The second-order valence-electron chi connectivity index (χ2n) is 4.66. The number of fused-ring (bicyclic) bond motifs is 1. The Morgan fingerprint density at radius 3 is 2.70 bits per heavy atom. The number of allylic oxidation sites excluding steroid dienone is 2. The van der Waals surface area contributed by atoms with Crippen LogP contribution in [0.2, 0.25) is 0 Å². The van der Waals surface area contributed by atoms with Crippen LogP contribution in [-0.2, 0) is 4.74 Å². The van der Waals surface area contributed by atoms with Crippen LogP contribution in [0.15, 0.2) is 28.7 Å². The van der Waals surface area contributed by atoms with E-state index in [1.54, 1.807) is 6.92 Å². The maximum absolute atomic E-state index is 11.8. The molecule has 0 aliphatic rings. The monoisotopic (exact) mass is 272 g/mol. The minimum atomic E-state index is -0.399. The molecule has 0 bridgehead atoms. The van der Waals surface area contributed by atoms with Crippen molar-refractivity contribution in [2.45, 2.75) is 34.1 Å². The van der Waals surface area contributed by atoms with Gasteiger partial charge in [-0.2, -0.15) is 0 Å². The van der Waals surface area contributed by atoms with Crippen LogP contribution in [0.4, 0.5) is 0 Å². The van der Waals surface area contributed by atoms with Gasteiger partial charge in [0.2, 0.25) is 5.76 Å². The summed E-state index contributed by atoms with van der Waals surface area (Å²) in [6, 6.07) is 6.02. The van der Waals surface area contributed by atoms with E-state index in [4.69, 9.17) is 9.15 Å². The molecular weight excluding hydrogens is 252 g/mol. The zero-order chi connectivity index (χ0) is 14.7. The summed E-state index contributed by atoms with van der Waals surface area (Å²) in [5, 5.41) is 0.971. The first kappa shape index (κ1) is 14.4. The van der Waals surface area contributed by atoms with Gasteiger partial charge in [-0.3, -0.25) is 0 Å². The summed E-state index contributed by atoms with van der Waals surface area (Å²) in [5.41, 5.74) is 4.01. The Balaban J connectivity index is 2.53. The number of ether oxygens (including phenoxy) is 1. The Bertz CT molecular complexity index is 662. The van der Waals surface area contributed by atoms with Crippen LogP contribution in [0, 0.1) is 6.92 Å². The molecule has 0 saturated heterocycles. The van der Waals surface area contributed by atoms with Crippen molar-refractivity contribution >= 4 is 22.5 Å². The van der Waals surface area contributed by atoms with Crippen molar-refractivity contribution in [3.63, 3.8) is 0 Å². The second-order valence-corrected chi connectivity index (χ2v) is 4.66. The van der Waals surface area contributed by atoms with Gasteiger partial charge in [0.05, 0.1) is 6.61 Å². The average Bonchev–Trinajstić information content (AvgIpc) is 2.78. The molecule has 0 fully saturated rings. The maximum Gasteiger partial charge on any atom is 0.374 e. The normalized spacial score (nSPS) is 11.9. The largest absolute Gasteiger partial charge is 0.460 e. The lowest BCUT2D eigenvalue weighted by Gasteiger charge is -2.04. The van der Waals surface area contributed by atoms with Crippen molar-refractivity contribution in [1.29, 1.82) is 0 Å². The van der Waals surface area contributed by atoms with Crippen molar-refractivity contribution in [3.05, 3.63) is 41.2 Å². The van der Waals surface area contributed by atoms with Crippen LogP contribution < -0.4 is 0 Å². The summed E-state index contributed by atoms with van der Waals surface area (Å²) >= 11 is 0. The maximum atomic E-state index is 11.8. The van der Waals surface area contributed by atoms with Crippen molar-refractivity contribution in [2.75, 3.05) is 6.61 Å². The van der Waals surface area contributed by atoms with E-state index in [2.05, 4.69) is 19.1 Å². The van der Waals surface area contributed by atoms with Crippen molar-refractivity contribution in [3.8, 4) is 0 Å². The first-order valence-corrected chi connectivity index (χ1v) is 6.98. The van der Waals surface area contributed by atoms with E-state index in [0.29, 0.717) is 12.4 Å². The summed E-state index contributed by atoms with van der Waals surface area (Å²) in [7, 11) is 0. The number of carbonyl (C=O) groups is 1. The number of aryl methyl sites for hydroxylation is 1. The molecule has 106 valence electrons. The van der Waals surface area contributed by atoms with E-state index in [-0.39, 0.29) is 0 Å². The zero-order valence-corrected chi connectivity index (χ0v) is 12.4. The number of carbonyl (C=O) groups excluding carboxylic acids is 1. The standard InChI is InChI=1S/C17H20O3/c1-5-12(6-2)13-8-9-15-14(10-13)11(4)16(20-15)17(18)19-7-3/h5,8-10H,6-7H2,1-4H3/b12-5+. The van der Waals surface area contributed by atoms with Crippen molar-refractivity contribution in [1.82, 2.24) is 0 Å². The number of rotatable bonds is 4. The van der Waals surface area contributed by atoms with E-state index in [1.165, 1.54) is 11.1 Å². The summed E-state index contributed by atoms with van der Waals surface area (Å²) in [4.78, 5) is 11.8. The Morgan fingerprint density at radius 2 is 2.10 bits per heavy atom. The van der Waals surface area contributed by atoms with Gasteiger partial charge in [0.25, 0.3) is 0 Å². The molecule has 0 N–H and O–H groups in total. The predicted octanol–water partition coefficient (Wildman–Crippen LogP) is 4.73. The fourth-order valence-electron chi connectivity index (χ4n) is 2.39. The number of benzene rings is 1. The molecular formula is C17H20O3. The number of esters is 1. The molecule has 0 spiro atoms. The van der Waals surface area contributed by atoms with Gasteiger partial charge in [0.1, 0.15) is 5.58 Å². The summed E-state index contributed by atoms with van der Waals surface area (Å²) in [6.45, 7) is 8.19. The van der Waals surface area contributed by atoms with Crippen LogP contribution >= 0.6 is 0 Å².